The first-order valence-electron chi connectivity index (χ1n) is 11.2. The summed E-state index contributed by atoms with van der Waals surface area (Å²) in [5.74, 6) is 1.26. The number of unbranched alkanes of at least 4 members (excludes halogenated alkanes) is 2. The molecule has 1 amide bonds. The second-order valence-corrected chi connectivity index (χ2v) is 8.81. The minimum Gasteiger partial charge on any atom is -0.469 e. The number of aliphatic imine (C=N–C) groups is 1. The van der Waals surface area contributed by atoms with Crippen LogP contribution in [0.2, 0.25) is 0 Å². The molecule has 0 atom stereocenters. The average Bonchev–Trinajstić information content (AvgIpc) is 2.70. The highest BCUT2D eigenvalue weighted by atomic mass is 127. The van der Waals surface area contributed by atoms with Crippen LogP contribution in [0.25, 0.3) is 0 Å². The van der Waals surface area contributed by atoms with E-state index in [4.69, 9.17) is 4.74 Å². The van der Waals surface area contributed by atoms with Gasteiger partial charge >= 0.3 is 12.1 Å². The highest BCUT2D eigenvalue weighted by Gasteiger charge is 2.27. The van der Waals surface area contributed by atoms with E-state index in [1.807, 2.05) is 39.6 Å². The molecule has 0 unspecified atom stereocenters. The molecule has 1 N–H and O–H groups in total. The van der Waals surface area contributed by atoms with Gasteiger partial charge in [0.25, 0.3) is 0 Å². The highest BCUT2D eigenvalue weighted by molar-refractivity contribution is 14.0. The van der Waals surface area contributed by atoms with Crippen LogP contribution >= 0.6 is 24.0 Å². The number of amides is 1. The fourth-order valence-electron chi connectivity index (χ4n) is 3.50. The van der Waals surface area contributed by atoms with Crippen LogP contribution in [0.4, 0.5) is 4.79 Å². The Kier molecular flexibility index (Phi) is 14.9. The molecule has 0 aromatic carbocycles. The normalized spacial score (nSPS) is 15.2. The Labute approximate surface area is 205 Å². The van der Waals surface area contributed by atoms with Gasteiger partial charge in [-0.25, -0.2) is 4.79 Å². The number of piperidine rings is 1. The van der Waals surface area contributed by atoms with Gasteiger partial charge in [-0.3, -0.25) is 9.79 Å². The van der Waals surface area contributed by atoms with Gasteiger partial charge in [0.1, 0.15) is 5.60 Å². The summed E-state index contributed by atoms with van der Waals surface area (Å²) in [7, 11) is 3.24. The average molecular weight is 555 g/mol. The molecular formula is C22H43IN4O4. The van der Waals surface area contributed by atoms with Crippen molar-refractivity contribution in [3.63, 3.8) is 0 Å². The molecule has 0 aromatic heterocycles. The molecule has 31 heavy (non-hydrogen) atoms. The van der Waals surface area contributed by atoms with Crippen LogP contribution in [-0.2, 0) is 14.3 Å². The third-order valence-corrected chi connectivity index (χ3v) is 5.21. The minimum absolute atomic E-state index is 0. The lowest BCUT2D eigenvalue weighted by Gasteiger charge is -2.36. The van der Waals surface area contributed by atoms with E-state index in [2.05, 4.69) is 19.9 Å². The summed E-state index contributed by atoms with van der Waals surface area (Å²) in [6, 6.07) is 0. The lowest BCUT2D eigenvalue weighted by molar-refractivity contribution is -0.140. The quantitative estimate of drug-likeness (QED) is 0.153. The smallest absolute Gasteiger partial charge is 0.410 e. The van der Waals surface area contributed by atoms with Crippen molar-refractivity contribution < 1.29 is 19.1 Å². The highest BCUT2D eigenvalue weighted by Crippen LogP contribution is 2.20. The van der Waals surface area contributed by atoms with Crippen molar-refractivity contribution in [3.05, 3.63) is 0 Å². The number of likely N-dealkylation sites (tertiary alicyclic amines) is 1. The number of carbonyl (C=O) groups excluding carboxylic acids is 2. The zero-order valence-electron chi connectivity index (χ0n) is 20.2. The van der Waals surface area contributed by atoms with Gasteiger partial charge in [0.2, 0.25) is 0 Å². The van der Waals surface area contributed by atoms with E-state index < -0.39 is 5.60 Å². The number of esters is 1. The van der Waals surface area contributed by atoms with E-state index >= 15 is 0 Å². The zero-order chi connectivity index (χ0) is 22.6. The van der Waals surface area contributed by atoms with E-state index in [0.29, 0.717) is 18.9 Å². The number of carbonyl (C=O) groups is 2. The van der Waals surface area contributed by atoms with Crippen molar-refractivity contribution in [2.45, 2.75) is 71.8 Å². The van der Waals surface area contributed by atoms with Gasteiger partial charge in [0.15, 0.2) is 5.96 Å². The summed E-state index contributed by atoms with van der Waals surface area (Å²) >= 11 is 0. The maximum Gasteiger partial charge on any atom is 0.410 e. The molecule has 1 saturated heterocycles. The SMILES string of the molecule is CCN(CC1CCN(C(=NC)NCCCCCC(=O)OC)CC1)C(=O)OC(C)(C)C.I. The van der Waals surface area contributed by atoms with Gasteiger partial charge in [-0.15, -0.1) is 24.0 Å². The van der Waals surface area contributed by atoms with E-state index in [9.17, 15) is 9.59 Å². The van der Waals surface area contributed by atoms with Crippen LogP contribution in [0.5, 0.6) is 0 Å². The standard InChI is InChI=1S/C22H42N4O4.HI/c1-7-25(21(28)30-22(2,3)4)17-18-12-15-26(16-13-18)20(23-5)24-14-10-8-9-11-19(27)29-6;/h18H,7-17H2,1-6H3,(H,23,24);1H. The molecule has 0 bridgehead atoms. The predicted octanol–water partition coefficient (Wildman–Crippen LogP) is 3.88. The molecular weight excluding hydrogens is 511 g/mol. The summed E-state index contributed by atoms with van der Waals surface area (Å²) < 4.78 is 10.2. The number of halogens is 1. The van der Waals surface area contributed by atoms with Crippen LogP contribution in [0.1, 0.15) is 66.2 Å². The van der Waals surface area contributed by atoms with Gasteiger partial charge in [-0.1, -0.05) is 6.42 Å². The lowest BCUT2D eigenvalue weighted by atomic mass is 9.96. The summed E-state index contributed by atoms with van der Waals surface area (Å²) in [6.07, 6.45) is 5.14. The number of hydrogen-bond acceptors (Lipinski definition) is 5. The molecule has 182 valence electrons. The Morgan fingerprint density at radius 3 is 2.32 bits per heavy atom. The molecule has 0 saturated carbocycles. The van der Waals surface area contributed by atoms with Crippen LogP contribution < -0.4 is 5.32 Å². The van der Waals surface area contributed by atoms with Gasteiger partial charge in [0.05, 0.1) is 7.11 Å². The summed E-state index contributed by atoms with van der Waals surface area (Å²) in [5.41, 5.74) is -0.467. The third-order valence-electron chi connectivity index (χ3n) is 5.21. The Bertz CT molecular complexity index is 558. The fourth-order valence-corrected chi connectivity index (χ4v) is 3.50. The van der Waals surface area contributed by atoms with Gasteiger partial charge < -0.3 is 24.6 Å². The molecule has 1 fully saturated rings. The summed E-state index contributed by atoms with van der Waals surface area (Å²) in [4.78, 5) is 32.0. The molecule has 0 aliphatic carbocycles. The Morgan fingerprint density at radius 1 is 1.16 bits per heavy atom. The van der Waals surface area contributed by atoms with Crippen molar-refractivity contribution in [2.24, 2.45) is 10.9 Å². The Balaban J connectivity index is 0.00000900. The number of hydrogen-bond donors (Lipinski definition) is 1. The molecule has 1 aliphatic heterocycles. The molecule has 0 spiro atoms. The first kappa shape index (κ1) is 29.7. The molecule has 0 radical (unpaired) electrons. The maximum atomic E-state index is 12.4. The number of guanidine groups is 1. The molecule has 0 aromatic rings. The number of nitrogens with zero attached hydrogens (tertiary/aromatic N) is 3. The maximum absolute atomic E-state index is 12.4. The largest absolute Gasteiger partial charge is 0.469 e. The topological polar surface area (TPSA) is 83.5 Å². The predicted molar refractivity (Wildman–Crippen MR) is 135 cm³/mol. The first-order chi connectivity index (χ1) is 14.2. The van der Waals surface area contributed by atoms with Crippen LogP contribution in [-0.4, -0.2) is 80.3 Å². The van der Waals surface area contributed by atoms with Gasteiger partial charge in [-0.2, -0.15) is 0 Å². The monoisotopic (exact) mass is 554 g/mol. The van der Waals surface area contributed by atoms with Crippen molar-refractivity contribution >= 4 is 42.0 Å². The second-order valence-electron chi connectivity index (χ2n) is 8.81. The van der Waals surface area contributed by atoms with Crippen molar-refractivity contribution in [1.82, 2.24) is 15.1 Å². The van der Waals surface area contributed by atoms with Crippen molar-refractivity contribution in [2.75, 3.05) is 46.9 Å². The van der Waals surface area contributed by atoms with Crippen LogP contribution in [0, 0.1) is 5.92 Å². The number of ether oxygens (including phenoxy) is 2. The Hall–Kier alpha value is -1.26. The van der Waals surface area contributed by atoms with E-state index in [0.717, 1.165) is 64.2 Å². The number of rotatable bonds is 9. The van der Waals surface area contributed by atoms with Crippen LogP contribution in [0.3, 0.4) is 0 Å². The first-order valence-corrected chi connectivity index (χ1v) is 11.2. The number of methoxy groups -OCH3 is 1. The second kappa shape index (κ2) is 15.5. The Morgan fingerprint density at radius 2 is 1.81 bits per heavy atom. The molecule has 8 nitrogen and oxygen atoms in total. The molecule has 1 heterocycles. The molecule has 9 heteroatoms. The van der Waals surface area contributed by atoms with Crippen LogP contribution in [0.15, 0.2) is 4.99 Å². The van der Waals surface area contributed by atoms with Crippen molar-refractivity contribution in [1.29, 1.82) is 0 Å². The van der Waals surface area contributed by atoms with E-state index in [-0.39, 0.29) is 36.0 Å². The van der Waals surface area contributed by atoms with Gasteiger partial charge in [-0.05, 0) is 59.3 Å². The summed E-state index contributed by atoms with van der Waals surface area (Å²) in [6.45, 7) is 11.8. The summed E-state index contributed by atoms with van der Waals surface area (Å²) in [5, 5.41) is 3.43. The van der Waals surface area contributed by atoms with E-state index in [1.165, 1.54) is 7.11 Å². The number of nitrogens with one attached hydrogen (secondary N) is 1. The van der Waals surface area contributed by atoms with Crippen molar-refractivity contribution in [3.8, 4) is 0 Å². The molecule has 1 aliphatic rings. The van der Waals surface area contributed by atoms with E-state index in [1.54, 1.807) is 0 Å². The van der Waals surface area contributed by atoms with Gasteiger partial charge in [0, 0.05) is 46.2 Å². The third kappa shape index (κ3) is 12.4. The lowest BCUT2D eigenvalue weighted by Crippen LogP contribution is -2.48. The zero-order valence-corrected chi connectivity index (χ0v) is 22.6. The minimum atomic E-state index is -0.467. The molecule has 1 rings (SSSR count). The fraction of sp³-hybridized carbons (Fsp3) is 0.864.